The molecule has 1 aliphatic heterocycles. The summed E-state index contributed by atoms with van der Waals surface area (Å²) in [7, 11) is 3.70. The van der Waals surface area contributed by atoms with Crippen molar-refractivity contribution in [1.29, 1.82) is 10.5 Å². The monoisotopic (exact) mass is 190 g/mol. The minimum atomic E-state index is -0.381. The third-order valence-electron chi connectivity index (χ3n) is 2.98. The van der Waals surface area contributed by atoms with E-state index in [9.17, 15) is 0 Å². The second-order valence-corrected chi connectivity index (χ2v) is 3.54. The molecule has 0 spiro atoms. The fourth-order valence-corrected chi connectivity index (χ4v) is 1.67. The van der Waals surface area contributed by atoms with E-state index < -0.39 is 0 Å². The summed E-state index contributed by atoms with van der Waals surface area (Å²) in [5.74, 6) is 0. The lowest BCUT2D eigenvalue weighted by atomic mass is 10.0. The van der Waals surface area contributed by atoms with Gasteiger partial charge in [0.25, 0.3) is 0 Å². The highest BCUT2D eigenvalue weighted by molar-refractivity contribution is 5.24. The van der Waals surface area contributed by atoms with Gasteiger partial charge in [0.1, 0.15) is 0 Å². The first kappa shape index (κ1) is 10.4. The molecule has 1 rings (SSSR count). The Labute approximate surface area is 84.6 Å². The molecule has 0 fully saturated rings. The topological polar surface area (TPSA) is 54.1 Å². The van der Waals surface area contributed by atoms with E-state index >= 15 is 0 Å². The van der Waals surface area contributed by atoms with Crippen LogP contribution in [-0.4, -0.2) is 36.0 Å². The smallest absolute Gasteiger partial charge is 0.150 e. The summed E-state index contributed by atoms with van der Waals surface area (Å²) < 4.78 is 0. The van der Waals surface area contributed by atoms with Gasteiger partial charge in [0.15, 0.2) is 12.1 Å². The molecule has 14 heavy (non-hydrogen) atoms. The molecular weight excluding hydrogens is 176 g/mol. The predicted molar refractivity (Wildman–Crippen MR) is 52.7 cm³/mol. The van der Waals surface area contributed by atoms with Crippen LogP contribution in [0.1, 0.15) is 13.8 Å². The number of likely N-dealkylation sites (N-methyl/N-ethyl adjacent to an activating group) is 2. The van der Waals surface area contributed by atoms with Gasteiger partial charge in [-0.15, -0.1) is 0 Å². The average Bonchev–Trinajstić information content (AvgIpc) is 2.20. The molecule has 1 aliphatic rings. The summed E-state index contributed by atoms with van der Waals surface area (Å²) >= 11 is 0. The third kappa shape index (κ3) is 1.29. The van der Waals surface area contributed by atoms with Crippen LogP contribution in [0.2, 0.25) is 0 Å². The Balaban J connectivity index is 3.18. The molecular formula is C10H14N4. The van der Waals surface area contributed by atoms with Crippen molar-refractivity contribution < 1.29 is 0 Å². The zero-order valence-corrected chi connectivity index (χ0v) is 8.94. The maximum atomic E-state index is 8.99. The minimum absolute atomic E-state index is 0.381. The molecule has 2 atom stereocenters. The van der Waals surface area contributed by atoms with E-state index in [1.807, 2.05) is 37.7 Å². The number of allylic oxidation sites excluding steroid dienone is 2. The Morgan fingerprint density at radius 3 is 1.43 bits per heavy atom. The van der Waals surface area contributed by atoms with Gasteiger partial charge in [-0.3, -0.25) is 0 Å². The zero-order valence-electron chi connectivity index (χ0n) is 8.94. The fourth-order valence-electron chi connectivity index (χ4n) is 1.67. The van der Waals surface area contributed by atoms with E-state index in [0.717, 1.165) is 11.4 Å². The van der Waals surface area contributed by atoms with Crippen LogP contribution in [0.3, 0.4) is 0 Å². The lowest BCUT2D eigenvalue weighted by molar-refractivity contribution is 0.193. The molecule has 0 aromatic carbocycles. The number of hydrogen-bond donors (Lipinski definition) is 0. The van der Waals surface area contributed by atoms with Crippen molar-refractivity contribution in [1.82, 2.24) is 9.80 Å². The molecule has 4 heteroatoms. The van der Waals surface area contributed by atoms with Crippen molar-refractivity contribution in [2.45, 2.75) is 25.9 Å². The Bertz CT molecular complexity index is 310. The Kier molecular flexibility index (Phi) is 2.67. The summed E-state index contributed by atoms with van der Waals surface area (Å²) in [6.07, 6.45) is 0. The first-order valence-corrected chi connectivity index (χ1v) is 4.47. The van der Waals surface area contributed by atoms with Crippen molar-refractivity contribution in [2.24, 2.45) is 0 Å². The molecule has 0 saturated carbocycles. The molecule has 4 nitrogen and oxygen atoms in total. The quantitative estimate of drug-likeness (QED) is 0.569. The first-order chi connectivity index (χ1) is 6.54. The summed E-state index contributed by atoms with van der Waals surface area (Å²) in [5.41, 5.74) is 2.09. The van der Waals surface area contributed by atoms with E-state index in [-0.39, 0.29) is 12.1 Å². The second kappa shape index (κ2) is 3.59. The van der Waals surface area contributed by atoms with Crippen molar-refractivity contribution in [3.05, 3.63) is 11.4 Å². The lowest BCUT2D eigenvalue weighted by Crippen LogP contribution is -2.51. The van der Waals surface area contributed by atoms with Crippen LogP contribution in [0.5, 0.6) is 0 Å². The van der Waals surface area contributed by atoms with E-state index in [1.54, 1.807) is 0 Å². The van der Waals surface area contributed by atoms with E-state index in [2.05, 4.69) is 12.1 Å². The van der Waals surface area contributed by atoms with Crippen LogP contribution >= 0.6 is 0 Å². The van der Waals surface area contributed by atoms with Gasteiger partial charge in [0.05, 0.1) is 12.1 Å². The maximum absolute atomic E-state index is 8.99. The minimum Gasteiger partial charge on any atom is -0.358 e. The molecule has 2 unspecified atom stereocenters. The van der Waals surface area contributed by atoms with Crippen molar-refractivity contribution in [3.63, 3.8) is 0 Å². The molecule has 0 N–H and O–H groups in total. The summed E-state index contributed by atoms with van der Waals surface area (Å²) in [6, 6.07) is 3.57. The van der Waals surface area contributed by atoms with Crippen LogP contribution in [0, 0.1) is 22.7 Å². The standard InChI is InChI=1S/C10H14N4/c1-7-8(2)14(4)10(6-12)9(5-11)13(7)3/h9-10H,1-4H3. The van der Waals surface area contributed by atoms with Crippen molar-refractivity contribution in [3.8, 4) is 12.1 Å². The van der Waals surface area contributed by atoms with Crippen LogP contribution < -0.4 is 0 Å². The van der Waals surface area contributed by atoms with Crippen LogP contribution in [-0.2, 0) is 0 Å². The number of nitriles is 2. The molecule has 1 heterocycles. The Morgan fingerprint density at radius 2 is 1.21 bits per heavy atom. The fraction of sp³-hybridized carbons (Fsp3) is 0.600. The van der Waals surface area contributed by atoms with Gasteiger partial charge in [0.2, 0.25) is 0 Å². The molecule has 74 valence electrons. The van der Waals surface area contributed by atoms with Gasteiger partial charge < -0.3 is 9.80 Å². The molecule has 0 bridgehead atoms. The lowest BCUT2D eigenvalue weighted by Gasteiger charge is -2.41. The van der Waals surface area contributed by atoms with Crippen molar-refractivity contribution >= 4 is 0 Å². The molecule has 0 saturated heterocycles. The zero-order chi connectivity index (χ0) is 10.9. The van der Waals surface area contributed by atoms with Gasteiger partial charge in [-0.1, -0.05) is 0 Å². The van der Waals surface area contributed by atoms with Gasteiger partial charge in [-0.05, 0) is 13.8 Å². The Morgan fingerprint density at radius 1 is 0.929 bits per heavy atom. The number of rotatable bonds is 0. The average molecular weight is 190 g/mol. The predicted octanol–water partition coefficient (Wildman–Crippen LogP) is 0.899. The molecule has 0 aromatic heterocycles. The maximum Gasteiger partial charge on any atom is 0.150 e. The van der Waals surface area contributed by atoms with E-state index in [0.29, 0.717) is 0 Å². The molecule has 0 aliphatic carbocycles. The van der Waals surface area contributed by atoms with Gasteiger partial charge in [0, 0.05) is 25.5 Å². The number of nitrogens with zero attached hydrogens (tertiary/aromatic N) is 4. The highest BCUT2D eigenvalue weighted by Gasteiger charge is 2.34. The van der Waals surface area contributed by atoms with Crippen LogP contribution in [0.25, 0.3) is 0 Å². The van der Waals surface area contributed by atoms with Crippen LogP contribution in [0.4, 0.5) is 0 Å². The molecule has 0 aromatic rings. The SMILES string of the molecule is CC1=C(C)N(C)C(C#N)C(C#N)N1C. The van der Waals surface area contributed by atoms with Gasteiger partial charge >= 0.3 is 0 Å². The van der Waals surface area contributed by atoms with E-state index in [4.69, 9.17) is 10.5 Å². The summed E-state index contributed by atoms with van der Waals surface area (Å²) in [4.78, 5) is 3.73. The normalized spacial score (nSPS) is 27.3. The molecule has 0 radical (unpaired) electrons. The van der Waals surface area contributed by atoms with Gasteiger partial charge in [-0.25, -0.2) is 0 Å². The largest absolute Gasteiger partial charge is 0.358 e. The van der Waals surface area contributed by atoms with Gasteiger partial charge in [-0.2, -0.15) is 10.5 Å². The highest BCUT2D eigenvalue weighted by atomic mass is 15.3. The van der Waals surface area contributed by atoms with E-state index in [1.165, 1.54) is 0 Å². The molecule has 0 amide bonds. The van der Waals surface area contributed by atoms with Crippen molar-refractivity contribution in [2.75, 3.05) is 14.1 Å². The number of hydrogen-bond acceptors (Lipinski definition) is 4. The second-order valence-electron chi connectivity index (χ2n) is 3.54. The third-order valence-corrected chi connectivity index (χ3v) is 2.98. The summed E-state index contributed by atoms with van der Waals surface area (Å²) in [5, 5.41) is 18.0. The highest BCUT2D eigenvalue weighted by Crippen LogP contribution is 2.25. The Hall–Kier alpha value is -1.68. The first-order valence-electron chi connectivity index (χ1n) is 4.47. The summed E-state index contributed by atoms with van der Waals surface area (Å²) in [6.45, 7) is 3.92. The van der Waals surface area contributed by atoms with Crippen LogP contribution in [0.15, 0.2) is 11.4 Å².